The van der Waals surface area contributed by atoms with Crippen LogP contribution in [0.1, 0.15) is 67.2 Å². The lowest BCUT2D eigenvalue weighted by molar-refractivity contribution is -0.0297. The first-order chi connectivity index (χ1) is 12.1. The average Bonchev–Trinajstić information content (AvgIpc) is 3.01. The Morgan fingerprint density at radius 2 is 1.81 bits per heavy atom. The number of amides is 3. The van der Waals surface area contributed by atoms with Crippen LogP contribution < -0.4 is 10.6 Å². The molecule has 0 heterocycles. The molecule has 0 aromatic rings. The van der Waals surface area contributed by atoms with Crippen LogP contribution in [0, 0.1) is 0 Å². The number of nitrogens with zero attached hydrogens (tertiary/aromatic N) is 1. The number of carbonyl (C=O) groups is 2. The smallest absolute Gasteiger partial charge is 0.407 e. The molecule has 0 spiro atoms. The van der Waals surface area contributed by atoms with Gasteiger partial charge in [0, 0.05) is 18.1 Å². The summed E-state index contributed by atoms with van der Waals surface area (Å²) in [5, 5.41) is 5.56. The van der Waals surface area contributed by atoms with Gasteiger partial charge >= 0.3 is 12.1 Å². The van der Waals surface area contributed by atoms with E-state index in [1.54, 1.807) is 4.90 Å². The van der Waals surface area contributed by atoms with Crippen molar-refractivity contribution >= 4 is 12.1 Å². The number of alkyl carbamates (subject to hydrolysis) is 1. The minimum absolute atomic E-state index is 0.0130. The molecule has 0 saturated heterocycles. The lowest BCUT2D eigenvalue weighted by atomic mass is 10.1. The van der Waals surface area contributed by atoms with Crippen molar-refractivity contribution in [2.24, 2.45) is 0 Å². The van der Waals surface area contributed by atoms with Crippen molar-refractivity contribution < 1.29 is 19.1 Å². The second kappa shape index (κ2) is 10.6. The third-order valence-electron chi connectivity index (χ3n) is 4.27. The normalized spacial score (nSPS) is 16.4. The van der Waals surface area contributed by atoms with Crippen molar-refractivity contribution in [2.75, 3.05) is 19.7 Å². The Bertz CT molecular complexity index is 443. The molecule has 1 aliphatic rings. The molecule has 1 aliphatic carbocycles. The standard InChI is InChI=1S/C19H37N3O4/c1-7-20-17(23)22(19(4,5)6)12-16(26-18(24)21-14(2)3)13-25-15-10-8-9-11-15/h14-16H,7-13H2,1-6H3,(H,20,23)(H,21,24). The highest BCUT2D eigenvalue weighted by molar-refractivity contribution is 5.75. The molecular formula is C19H37N3O4. The average molecular weight is 372 g/mol. The summed E-state index contributed by atoms with van der Waals surface area (Å²) < 4.78 is 11.5. The number of nitrogens with one attached hydrogen (secondary N) is 2. The van der Waals surface area contributed by atoms with E-state index in [0.717, 1.165) is 12.8 Å². The summed E-state index contributed by atoms with van der Waals surface area (Å²) in [5.74, 6) is 0. The summed E-state index contributed by atoms with van der Waals surface area (Å²) in [7, 11) is 0. The van der Waals surface area contributed by atoms with E-state index in [1.165, 1.54) is 12.8 Å². The van der Waals surface area contributed by atoms with Gasteiger partial charge in [0.1, 0.15) is 6.10 Å². The third-order valence-corrected chi connectivity index (χ3v) is 4.27. The number of rotatable bonds is 8. The first-order valence-electron chi connectivity index (χ1n) is 9.77. The fourth-order valence-electron chi connectivity index (χ4n) is 2.96. The minimum atomic E-state index is -0.517. The lowest BCUT2D eigenvalue weighted by Gasteiger charge is -2.37. The van der Waals surface area contributed by atoms with E-state index in [4.69, 9.17) is 9.47 Å². The summed E-state index contributed by atoms with van der Waals surface area (Å²) in [6.45, 7) is 12.6. The molecule has 1 atom stereocenters. The molecule has 1 saturated carbocycles. The Morgan fingerprint density at radius 1 is 1.19 bits per heavy atom. The first-order valence-corrected chi connectivity index (χ1v) is 9.77. The molecule has 7 heteroatoms. The van der Waals surface area contributed by atoms with Crippen molar-refractivity contribution in [1.29, 1.82) is 0 Å². The Morgan fingerprint density at radius 3 is 2.31 bits per heavy atom. The van der Waals surface area contributed by atoms with Crippen LogP contribution in [0.5, 0.6) is 0 Å². The highest BCUT2D eigenvalue weighted by Crippen LogP contribution is 2.22. The number of hydrogen-bond acceptors (Lipinski definition) is 4. The molecule has 1 rings (SSSR count). The van der Waals surface area contributed by atoms with Crippen LogP contribution in [0.25, 0.3) is 0 Å². The van der Waals surface area contributed by atoms with Crippen molar-refractivity contribution in [3.63, 3.8) is 0 Å². The maximum absolute atomic E-state index is 12.5. The van der Waals surface area contributed by atoms with Gasteiger partial charge in [0.25, 0.3) is 0 Å². The Balaban J connectivity index is 2.78. The second-order valence-electron chi connectivity index (χ2n) is 8.18. The van der Waals surface area contributed by atoms with E-state index >= 15 is 0 Å². The summed E-state index contributed by atoms with van der Waals surface area (Å²) in [6, 6.07) is -0.181. The minimum Gasteiger partial charge on any atom is -0.442 e. The zero-order valence-electron chi connectivity index (χ0n) is 17.3. The predicted molar refractivity (Wildman–Crippen MR) is 102 cm³/mol. The molecule has 2 N–H and O–H groups in total. The molecule has 0 aromatic heterocycles. The first kappa shape index (κ1) is 22.5. The molecule has 1 fully saturated rings. The van der Waals surface area contributed by atoms with Gasteiger partial charge in [0.2, 0.25) is 0 Å². The Labute approximate surface area is 158 Å². The van der Waals surface area contributed by atoms with Crippen LogP contribution in [0.3, 0.4) is 0 Å². The second-order valence-corrected chi connectivity index (χ2v) is 8.18. The van der Waals surface area contributed by atoms with E-state index in [1.807, 2.05) is 41.5 Å². The largest absolute Gasteiger partial charge is 0.442 e. The van der Waals surface area contributed by atoms with Gasteiger partial charge in [-0.25, -0.2) is 9.59 Å². The van der Waals surface area contributed by atoms with Gasteiger partial charge in [0.05, 0.1) is 19.3 Å². The van der Waals surface area contributed by atoms with Crippen LogP contribution in [0.15, 0.2) is 0 Å². The van der Waals surface area contributed by atoms with Crippen LogP contribution in [0.2, 0.25) is 0 Å². The number of carbonyl (C=O) groups excluding carboxylic acids is 2. The lowest BCUT2D eigenvalue weighted by Crippen LogP contribution is -2.54. The van der Waals surface area contributed by atoms with Gasteiger partial charge in [-0.2, -0.15) is 0 Å². The van der Waals surface area contributed by atoms with Crippen molar-refractivity contribution in [3.8, 4) is 0 Å². The summed E-state index contributed by atoms with van der Waals surface area (Å²) >= 11 is 0. The topological polar surface area (TPSA) is 79.9 Å². The molecule has 0 aromatic carbocycles. The van der Waals surface area contributed by atoms with Crippen molar-refractivity contribution in [2.45, 2.75) is 91.0 Å². The molecule has 3 amide bonds. The fraction of sp³-hybridized carbons (Fsp3) is 0.895. The molecular weight excluding hydrogens is 334 g/mol. The van der Waals surface area contributed by atoms with E-state index in [-0.39, 0.29) is 24.7 Å². The maximum Gasteiger partial charge on any atom is 0.407 e. The third kappa shape index (κ3) is 8.25. The fourth-order valence-corrected chi connectivity index (χ4v) is 2.96. The zero-order valence-corrected chi connectivity index (χ0v) is 17.3. The zero-order chi connectivity index (χ0) is 19.7. The van der Waals surface area contributed by atoms with Gasteiger partial charge in [0.15, 0.2) is 0 Å². The molecule has 26 heavy (non-hydrogen) atoms. The highest BCUT2D eigenvalue weighted by Gasteiger charge is 2.31. The number of hydrogen-bond donors (Lipinski definition) is 2. The molecule has 0 aliphatic heterocycles. The number of urea groups is 1. The van der Waals surface area contributed by atoms with E-state index in [2.05, 4.69) is 10.6 Å². The van der Waals surface area contributed by atoms with Crippen LogP contribution in [0.4, 0.5) is 9.59 Å². The Kier molecular flexibility index (Phi) is 9.19. The van der Waals surface area contributed by atoms with Gasteiger partial charge in [-0.05, 0) is 54.4 Å². The van der Waals surface area contributed by atoms with Crippen molar-refractivity contribution in [1.82, 2.24) is 15.5 Å². The summed E-state index contributed by atoms with van der Waals surface area (Å²) in [4.78, 5) is 26.2. The van der Waals surface area contributed by atoms with Crippen LogP contribution in [-0.2, 0) is 9.47 Å². The quantitative estimate of drug-likeness (QED) is 0.686. The monoisotopic (exact) mass is 371 g/mol. The van der Waals surface area contributed by atoms with Gasteiger partial charge in [-0.3, -0.25) is 0 Å². The number of ether oxygens (including phenoxy) is 2. The van der Waals surface area contributed by atoms with Crippen LogP contribution in [-0.4, -0.2) is 60.5 Å². The van der Waals surface area contributed by atoms with Crippen LogP contribution >= 0.6 is 0 Å². The highest BCUT2D eigenvalue weighted by atomic mass is 16.6. The van der Waals surface area contributed by atoms with E-state index in [0.29, 0.717) is 13.2 Å². The SMILES string of the molecule is CCNC(=O)N(CC(COC1CCCC1)OC(=O)NC(C)C)C(C)(C)C. The molecule has 152 valence electrons. The summed E-state index contributed by atoms with van der Waals surface area (Å²) in [6.07, 6.45) is 3.67. The summed E-state index contributed by atoms with van der Waals surface area (Å²) in [5.41, 5.74) is -0.400. The Hall–Kier alpha value is -1.50. The molecule has 0 radical (unpaired) electrons. The van der Waals surface area contributed by atoms with E-state index < -0.39 is 17.7 Å². The molecule has 0 bridgehead atoms. The maximum atomic E-state index is 12.5. The van der Waals surface area contributed by atoms with E-state index in [9.17, 15) is 9.59 Å². The van der Waals surface area contributed by atoms with Gasteiger partial charge in [-0.1, -0.05) is 12.8 Å². The van der Waals surface area contributed by atoms with Crippen molar-refractivity contribution in [3.05, 3.63) is 0 Å². The van der Waals surface area contributed by atoms with Gasteiger partial charge < -0.3 is 25.0 Å². The molecule has 1 unspecified atom stereocenters. The molecule has 7 nitrogen and oxygen atoms in total. The predicted octanol–water partition coefficient (Wildman–Crippen LogP) is 3.28. The van der Waals surface area contributed by atoms with Gasteiger partial charge in [-0.15, -0.1) is 0 Å².